The number of fused-ring (bicyclic) bond motifs is 1. The van der Waals surface area contributed by atoms with Crippen molar-refractivity contribution in [2.24, 2.45) is 0 Å². The van der Waals surface area contributed by atoms with Crippen LogP contribution in [0.2, 0.25) is 0 Å². The van der Waals surface area contributed by atoms with E-state index in [1.54, 1.807) is 30.3 Å². The third-order valence-corrected chi connectivity index (χ3v) is 5.13. The standard InChI is InChI=1S/C18H17FN5O6P.2H3N/c19-12-14(25)11(6-7-31(27,28)29)30-18(12)24-9-22-13-15(20-8-21-16(13)24)23-17(26)10-4-2-1-3-5-10;;/h1-9,11-12,14,18,25H,(H2,27,28,29)(H,20,21,23,26);2*1H3. The zero-order chi connectivity index (χ0) is 22.2. The third-order valence-electron chi connectivity index (χ3n) is 4.59. The van der Waals surface area contributed by atoms with E-state index >= 15 is 0 Å². The number of aliphatic hydroxyl groups is 1. The van der Waals surface area contributed by atoms with Crippen LogP contribution in [-0.4, -0.2) is 48.9 Å². The van der Waals surface area contributed by atoms with Gasteiger partial charge in [0.15, 0.2) is 29.4 Å². The molecule has 4 rings (SSSR count). The summed E-state index contributed by atoms with van der Waals surface area (Å²) in [5, 5.41) is 12.6. The molecular formula is C18H23FN7O6P. The molecule has 0 saturated carbocycles. The highest BCUT2D eigenvalue weighted by Gasteiger charge is 2.44. The van der Waals surface area contributed by atoms with E-state index in [9.17, 15) is 28.6 Å². The van der Waals surface area contributed by atoms with Crippen molar-refractivity contribution in [3.05, 3.63) is 60.4 Å². The summed E-state index contributed by atoms with van der Waals surface area (Å²) in [6.07, 6.45) is -3.33. The van der Waals surface area contributed by atoms with Crippen molar-refractivity contribution in [3.63, 3.8) is 0 Å². The van der Waals surface area contributed by atoms with E-state index in [2.05, 4.69) is 20.3 Å². The fraction of sp³-hybridized carbons (Fsp3) is 0.222. The largest absolute Gasteiger partial charge is 0.808 e. The number of benzene rings is 1. The number of halogens is 1. The normalized spacial score (nSPS) is 22.7. The summed E-state index contributed by atoms with van der Waals surface area (Å²) < 4.78 is 32.0. The van der Waals surface area contributed by atoms with Gasteiger partial charge in [-0.15, -0.1) is 0 Å². The number of carbonyl (C=O) groups excluding carboxylic acids is 1. The summed E-state index contributed by atoms with van der Waals surface area (Å²) in [7, 11) is -5.00. The lowest BCUT2D eigenvalue weighted by Gasteiger charge is -2.25. The lowest BCUT2D eigenvalue weighted by molar-refractivity contribution is -0.308. The molecule has 1 aliphatic rings. The number of aromatic nitrogens is 4. The van der Waals surface area contributed by atoms with Crippen LogP contribution in [0.15, 0.2) is 54.9 Å². The summed E-state index contributed by atoms with van der Waals surface area (Å²) in [5.41, 5.74) is 0.657. The molecule has 0 spiro atoms. The number of hydrogen-bond donors (Lipinski definition) is 4. The number of quaternary nitrogens is 2. The van der Waals surface area contributed by atoms with Gasteiger partial charge in [-0.3, -0.25) is 9.36 Å². The van der Waals surface area contributed by atoms with Crippen LogP contribution in [0.3, 0.4) is 0 Å². The molecule has 178 valence electrons. The lowest BCUT2D eigenvalue weighted by atomic mass is 10.1. The Hall–Kier alpha value is -3.10. The van der Waals surface area contributed by atoms with Gasteiger partial charge in [-0.1, -0.05) is 30.1 Å². The van der Waals surface area contributed by atoms with Crippen molar-refractivity contribution >= 4 is 30.5 Å². The number of rotatable bonds is 5. The molecule has 4 unspecified atom stereocenters. The van der Waals surface area contributed by atoms with Gasteiger partial charge in [-0.05, 0) is 19.7 Å². The van der Waals surface area contributed by atoms with Crippen LogP contribution < -0.4 is 27.4 Å². The first-order chi connectivity index (χ1) is 14.7. The minimum atomic E-state index is -5.00. The van der Waals surface area contributed by atoms with Crippen molar-refractivity contribution in [1.29, 1.82) is 0 Å². The molecule has 3 heterocycles. The number of ether oxygens (including phenoxy) is 1. The van der Waals surface area contributed by atoms with Crippen LogP contribution >= 0.6 is 7.60 Å². The summed E-state index contributed by atoms with van der Waals surface area (Å²) in [5.74, 6) is -0.0287. The minimum Gasteiger partial charge on any atom is -0.808 e. The molecule has 3 aromatic rings. The second-order valence-electron chi connectivity index (χ2n) is 6.67. The van der Waals surface area contributed by atoms with E-state index in [1.807, 2.05) is 0 Å². The highest BCUT2D eigenvalue weighted by atomic mass is 31.2. The van der Waals surface area contributed by atoms with E-state index in [0.717, 1.165) is 12.4 Å². The Morgan fingerprint density at radius 1 is 1.21 bits per heavy atom. The first-order valence-electron chi connectivity index (χ1n) is 8.97. The maximum absolute atomic E-state index is 14.7. The molecule has 4 atom stereocenters. The maximum Gasteiger partial charge on any atom is 0.256 e. The first kappa shape index (κ1) is 26.2. The Morgan fingerprint density at radius 3 is 2.58 bits per heavy atom. The molecule has 13 nitrogen and oxygen atoms in total. The molecule has 10 N–H and O–H groups in total. The highest BCUT2D eigenvalue weighted by molar-refractivity contribution is 7.52. The second kappa shape index (κ2) is 10.2. The third kappa shape index (κ3) is 5.46. The van der Waals surface area contributed by atoms with Gasteiger partial charge in [0.1, 0.15) is 18.5 Å². The molecular weight excluding hydrogens is 460 g/mol. The summed E-state index contributed by atoms with van der Waals surface area (Å²) in [6, 6.07) is 8.40. The molecule has 1 aliphatic heterocycles. The van der Waals surface area contributed by atoms with E-state index in [1.165, 1.54) is 10.9 Å². The van der Waals surface area contributed by atoms with E-state index in [-0.39, 0.29) is 29.3 Å². The predicted octanol–water partition coefficient (Wildman–Crippen LogP) is 0.855. The van der Waals surface area contributed by atoms with Gasteiger partial charge in [0, 0.05) is 5.56 Å². The van der Waals surface area contributed by atoms with Crippen molar-refractivity contribution in [2.75, 3.05) is 5.32 Å². The van der Waals surface area contributed by atoms with E-state index in [0.29, 0.717) is 11.4 Å². The molecule has 33 heavy (non-hydrogen) atoms. The van der Waals surface area contributed by atoms with Crippen LogP contribution in [0.5, 0.6) is 0 Å². The van der Waals surface area contributed by atoms with Crippen LogP contribution in [0.4, 0.5) is 10.2 Å². The van der Waals surface area contributed by atoms with Crippen molar-refractivity contribution in [1.82, 2.24) is 31.8 Å². The number of amides is 1. The number of imidazole rings is 1. The van der Waals surface area contributed by atoms with Crippen LogP contribution in [0, 0.1) is 0 Å². The Bertz CT molecular complexity index is 1190. The Labute approximate surface area is 186 Å². The topological polar surface area (TPSA) is 238 Å². The summed E-state index contributed by atoms with van der Waals surface area (Å²) in [6.45, 7) is 0. The fourth-order valence-corrected chi connectivity index (χ4v) is 3.51. The van der Waals surface area contributed by atoms with Crippen LogP contribution in [-0.2, 0) is 9.30 Å². The number of aliphatic hydroxyl groups excluding tert-OH is 1. The van der Waals surface area contributed by atoms with Crippen molar-refractivity contribution < 1.29 is 33.4 Å². The van der Waals surface area contributed by atoms with Crippen LogP contribution in [0.1, 0.15) is 16.6 Å². The number of carbonyl (C=O) groups is 1. The smallest absolute Gasteiger partial charge is 0.256 e. The monoisotopic (exact) mass is 483 g/mol. The Balaban J connectivity index is 0.00000193. The maximum atomic E-state index is 14.7. The van der Waals surface area contributed by atoms with Crippen LogP contribution in [0.25, 0.3) is 11.2 Å². The Kier molecular flexibility index (Phi) is 8.11. The SMILES string of the molecule is O=C(Nc1ncnc2c1ncn2C1OC(C=CP(=O)([O-])[O-])C(O)C1F)c1ccccc1.[NH4+].[NH4+]. The van der Waals surface area contributed by atoms with Gasteiger partial charge in [-0.25, -0.2) is 19.3 Å². The number of hydrogen-bond acceptors (Lipinski definition) is 9. The zero-order valence-electron chi connectivity index (χ0n) is 17.6. The van der Waals surface area contributed by atoms with Gasteiger partial charge in [0.2, 0.25) is 0 Å². The van der Waals surface area contributed by atoms with Gasteiger partial charge in [-0.2, -0.15) is 0 Å². The lowest BCUT2D eigenvalue weighted by Crippen LogP contribution is -2.27. The Morgan fingerprint density at radius 2 is 1.91 bits per heavy atom. The summed E-state index contributed by atoms with van der Waals surface area (Å²) >= 11 is 0. The van der Waals surface area contributed by atoms with Crippen molar-refractivity contribution in [2.45, 2.75) is 24.6 Å². The molecule has 1 amide bonds. The average molecular weight is 483 g/mol. The molecule has 0 bridgehead atoms. The van der Waals surface area contributed by atoms with Gasteiger partial charge in [0.25, 0.3) is 5.91 Å². The zero-order valence-corrected chi connectivity index (χ0v) is 18.5. The number of nitrogens with zero attached hydrogens (tertiary/aromatic N) is 4. The fourth-order valence-electron chi connectivity index (χ4n) is 3.13. The molecule has 1 fully saturated rings. The highest BCUT2D eigenvalue weighted by Crippen LogP contribution is 2.36. The molecule has 2 aromatic heterocycles. The van der Waals surface area contributed by atoms with Gasteiger partial charge < -0.3 is 41.8 Å². The molecule has 1 aromatic carbocycles. The van der Waals surface area contributed by atoms with Gasteiger partial charge >= 0.3 is 0 Å². The molecule has 0 aliphatic carbocycles. The molecule has 15 heteroatoms. The van der Waals surface area contributed by atoms with E-state index in [4.69, 9.17) is 4.74 Å². The predicted molar refractivity (Wildman–Crippen MR) is 113 cm³/mol. The van der Waals surface area contributed by atoms with Gasteiger partial charge in [0.05, 0.1) is 6.33 Å². The average Bonchev–Trinajstić information content (AvgIpc) is 3.29. The minimum absolute atomic E-state index is 0. The number of anilines is 1. The van der Waals surface area contributed by atoms with E-state index < -0.39 is 38.1 Å². The number of alkyl halides is 1. The molecule has 1 saturated heterocycles. The van der Waals surface area contributed by atoms with Crippen molar-refractivity contribution in [3.8, 4) is 0 Å². The second-order valence-corrected chi connectivity index (χ2v) is 8.05. The molecule has 0 radical (unpaired) electrons. The quantitative estimate of drug-likeness (QED) is 0.376. The first-order valence-corrected chi connectivity index (χ1v) is 10.6. The summed E-state index contributed by atoms with van der Waals surface area (Å²) in [4.78, 5) is 46.1. The number of nitrogens with one attached hydrogen (secondary N) is 1.